The van der Waals surface area contributed by atoms with Gasteiger partial charge in [-0.1, -0.05) is 6.42 Å². The Labute approximate surface area is 107 Å². The lowest BCUT2D eigenvalue weighted by atomic mass is 10.2. The molecule has 2 N–H and O–H groups in total. The van der Waals surface area contributed by atoms with Crippen molar-refractivity contribution in [3.8, 4) is 0 Å². The van der Waals surface area contributed by atoms with Gasteiger partial charge in [-0.3, -0.25) is 14.4 Å². The van der Waals surface area contributed by atoms with Crippen LogP contribution in [0.4, 0.5) is 0 Å². The average molecular weight is 255 g/mol. The maximum Gasteiger partial charge on any atom is 0.239 e. The summed E-state index contributed by atoms with van der Waals surface area (Å²) >= 11 is 0. The van der Waals surface area contributed by atoms with Crippen LogP contribution in [0.15, 0.2) is 0 Å². The Kier molecular flexibility index (Phi) is 6.18. The van der Waals surface area contributed by atoms with Crippen molar-refractivity contribution < 1.29 is 14.4 Å². The van der Waals surface area contributed by atoms with E-state index in [1.807, 2.05) is 0 Å². The van der Waals surface area contributed by atoms with Crippen LogP contribution in [-0.2, 0) is 14.4 Å². The fraction of sp³-hybridized carbons (Fsp3) is 0.750. The quantitative estimate of drug-likeness (QED) is 0.704. The van der Waals surface area contributed by atoms with E-state index in [0.717, 1.165) is 19.3 Å². The number of carbonyl (C=O) groups is 3. The lowest BCUT2D eigenvalue weighted by molar-refractivity contribution is -0.135. The molecule has 18 heavy (non-hydrogen) atoms. The molecule has 0 spiro atoms. The van der Waals surface area contributed by atoms with Crippen LogP contribution < -0.4 is 10.6 Å². The van der Waals surface area contributed by atoms with Gasteiger partial charge in [0, 0.05) is 33.0 Å². The average Bonchev–Trinajstić information content (AvgIpc) is 2.55. The topological polar surface area (TPSA) is 78.5 Å². The van der Waals surface area contributed by atoms with Crippen molar-refractivity contribution in [2.24, 2.45) is 0 Å². The molecule has 0 unspecified atom stereocenters. The first-order valence-corrected chi connectivity index (χ1v) is 6.38. The molecule has 0 aromatic heterocycles. The number of nitrogens with one attached hydrogen (secondary N) is 2. The third kappa shape index (κ3) is 5.16. The lowest BCUT2D eigenvalue weighted by Gasteiger charge is -2.19. The van der Waals surface area contributed by atoms with Gasteiger partial charge in [-0.2, -0.15) is 0 Å². The van der Waals surface area contributed by atoms with Gasteiger partial charge in [-0.05, 0) is 12.8 Å². The Morgan fingerprint density at radius 2 is 2.00 bits per heavy atom. The van der Waals surface area contributed by atoms with Crippen molar-refractivity contribution in [1.82, 2.24) is 15.5 Å². The van der Waals surface area contributed by atoms with E-state index in [-0.39, 0.29) is 30.7 Å². The highest BCUT2D eigenvalue weighted by Crippen LogP contribution is 2.10. The molecule has 1 rings (SSSR count). The largest absolute Gasteiger partial charge is 0.359 e. The second-order valence-electron chi connectivity index (χ2n) is 4.40. The minimum absolute atomic E-state index is 0.0500. The van der Waals surface area contributed by atoms with Crippen LogP contribution in [0.2, 0.25) is 0 Å². The summed E-state index contributed by atoms with van der Waals surface area (Å²) in [5, 5.41) is 5.12. The summed E-state index contributed by atoms with van der Waals surface area (Å²) in [6.07, 6.45) is 3.70. The third-order valence-corrected chi connectivity index (χ3v) is 2.96. The Balaban J connectivity index is 2.25. The number of hydrogen-bond donors (Lipinski definition) is 2. The van der Waals surface area contributed by atoms with Gasteiger partial charge in [0.15, 0.2) is 0 Å². The Hall–Kier alpha value is -1.59. The van der Waals surface area contributed by atoms with Gasteiger partial charge < -0.3 is 15.5 Å². The SMILES string of the molecule is CNC(=O)CCNC(=O)CN1CCCCCC1=O. The first kappa shape index (κ1) is 14.5. The van der Waals surface area contributed by atoms with Crippen molar-refractivity contribution in [1.29, 1.82) is 0 Å². The summed E-state index contributed by atoms with van der Waals surface area (Å²) < 4.78 is 0. The van der Waals surface area contributed by atoms with E-state index in [1.165, 1.54) is 0 Å². The van der Waals surface area contributed by atoms with E-state index in [0.29, 0.717) is 19.5 Å². The molecule has 0 radical (unpaired) electrons. The van der Waals surface area contributed by atoms with Crippen LogP contribution in [0.1, 0.15) is 32.1 Å². The van der Waals surface area contributed by atoms with Gasteiger partial charge in [0.1, 0.15) is 0 Å². The molecule has 0 aromatic rings. The molecular formula is C12H21N3O3. The number of carbonyl (C=O) groups excluding carboxylic acids is 3. The second kappa shape index (κ2) is 7.68. The molecule has 1 saturated heterocycles. The van der Waals surface area contributed by atoms with Crippen molar-refractivity contribution in [3.05, 3.63) is 0 Å². The molecule has 0 atom stereocenters. The van der Waals surface area contributed by atoms with E-state index in [9.17, 15) is 14.4 Å². The first-order chi connectivity index (χ1) is 8.63. The lowest BCUT2D eigenvalue weighted by Crippen LogP contribution is -2.41. The van der Waals surface area contributed by atoms with Crippen LogP contribution in [0.25, 0.3) is 0 Å². The summed E-state index contributed by atoms with van der Waals surface area (Å²) in [4.78, 5) is 35.8. The Morgan fingerprint density at radius 1 is 1.22 bits per heavy atom. The van der Waals surface area contributed by atoms with Crippen LogP contribution >= 0.6 is 0 Å². The zero-order valence-corrected chi connectivity index (χ0v) is 10.8. The van der Waals surface area contributed by atoms with E-state index in [1.54, 1.807) is 11.9 Å². The normalized spacial score (nSPS) is 16.1. The molecule has 3 amide bonds. The van der Waals surface area contributed by atoms with Gasteiger partial charge in [-0.15, -0.1) is 0 Å². The van der Waals surface area contributed by atoms with E-state index >= 15 is 0 Å². The molecule has 1 heterocycles. The van der Waals surface area contributed by atoms with Crippen LogP contribution in [0, 0.1) is 0 Å². The molecule has 1 fully saturated rings. The monoisotopic (exact) mass is 255 g/mol. The summed E-state index contributed by atoms with van der Waals surface area (Å²) in [6.45, 7) is 1.06. The van der Waals surface area contributed by atoms with Gasteiger partial charge in [0.25, 0.3) is 0 Å². The van der Waals surface area contributed by atoms with Gasteiger partial charge in [-0.25, -0.2) is 0 Å². The zero-order valence-electron chi connectivity index (χ0n) is 10.8. The minimum Gasteiger partial charge on any atom is -0.359 e. The number of amides is 3. The van der Waals surface area contributed by atoms with Crippen LogP contribution in [0.3, 0.4) is 0 Å². The van der Waals surface area contributed by atoms with Crippen LogP contribution in [0.5, 0.6) is 0 Å². The first-order valence-electron chi connectivity index (χ1n) is 6.38. The number of hydrogen-bond acceptors (Lipinski definition) is 3. The molecule has 1 aliphatic rings. The Bertz CT molecular complexity index is 318. The van der Waals surface area contributed by atoms with Crippen molar-refractivity contribution in [2.75, 3.05) is 26.7 Å². The van der Waals surface area contributed by atoms with Gasteiger partial charge in [0.2, 0.25) is 17.7 Å². The third-order valence-electron chi connectivity index (χ3n) is 2.96. The fourth-order valence-corrected chi connectivity index (χ4v) is 1.88. The molecule has 1 aliphatic heterocycles. The number of rotatable bonds is 5. The zero-order chi connectivity index (χ0) is 13.4. The molecule has 0 bridgehead atoms. The standard InChI is InChI=1S/C12H21N3O3/c1-13-10(16)6-7-14-11(17)9-15-8-4-2-3-5-12(15)18/h2-9H2,1H3,(H,13,16)(H,14,17). The fourth-order valence-electron chi connectivity index (χ4n) is 1.88. The maximum atomic E-state index is 11.7. The van der Waals surface area contributed by atoms with E-state index < -0.39 is 0 Å². The molecule has 6 nitrogen and oxygen atoms in total. The highest BCUT2D eigenvalue weighted by molar-refractivity contribution is 5.85. The van der Waals surface area contributed by atoms with E-state index in [4.69, 9.17) is 0 Å². The number of likely N-dealkylation sites (tertiary alicyclic amines) is 1. The molecule has 6 heteroatoms. The van der Waals surface area contributed by atoms with Crippen molar-refractivity contribution >= 4 is 17.7 Å². The maximum absolute atomic E-state index is 11.7. The molecule has 102 valence electrons. The Morgan fingerprint density at radius 3 is 2.72 bits per heavy atom. The van der Waals surface area contributed by atoms with Gasteiger partial charge >= 0.3 is 0 Å². The number of nitrogens with zero attached hydrogens (tertiary/aromatic N) is 1. The van der Waals surface area contributed by atoms with Crippen molar-refractivity contribution in [3.63, 3.8) is 0 Å². The van der Waals surface area contributed by atoms with Crippen molar-refractivity contribution in [2.45, 2.75) is 32.1 Å². The second-order valence-corrected chi connectivity index (χ2v) is 4.40. The summed E-state index contributed by atoms with van der Waals surface area (Å²) in [6, 6.07) is 0. The predicted octanol–water partition coefficient (Wildman–Crippen LogP) is -0.359. The molecule has 0 saturated carbocycles. The minimum atomic E-state index is -0.200. The summed E-state index contributed by atoms with van der Waals surface area (Å²) in [7, 11) is 1.56. The van der Waals surface area contributed by atoms with Crippen LogP contribution in [-0.4, -0.2) is 49.3 Å². The highest BCUT2D eigenvalue weighted by atomic mass is 16.2. The molecule has 0 aliphatic carbocycles. The van der Waals surface area contributed by atoms with E-state index in [2.05, 4.69) is 10.6 Å². The summed E-state index contributed by atoms with van der Waals surface area (Å²) in [5.41, 5.74) is 0. The van der Waals surface area contributed by atoms with Gasteiger partial charge in [0.05, 0.1) is 6.54 Å². The molecular weight excluding hydrogens is 234 g/mol. The summed E-state index contributed by atoms with van der Waals surface area (Å²) in [5.74, 6) is -0.260. The predicted molar refractivity (Wildman–Crippen MR) is 66.7 cm³/mol. The smallest absolute Gasteiger partial charge is 0.239 e. The molecule has 0 aromatic carbocycles. The highest BCUT2D eigenvalue weighted by Gasteiger charge is 2.18.